The van der Waals surface area contributed by atoms with Crippen molar-refractivity contribution in [2.75, 3.05) is 20.1 Å². The van der Waals surface area contributed by atoms with E-state index in [2.05, 4.69) is 0 Å². The van der Waals surface area contributed by atoms with Crippen LogP contribution in [0.2, 0.25) is 0 Å². The van der Waals surface area contributed by atoms with Gasteiger partial charge in [-0.15, -0.1) is 0 Å². The molecule has 0 radical (unpaired) electrons. The lowest BCUT2D eigenvalue weighted by Gasteiger charge is -2.22. The summed E-state index contributed by atoms with van der Waals surface area (Å²) in [5.41, 5.74) is 0. The van der Waals surface area contributed by atoms with Crippen LogP contribution >= 0.6 is 0 Å². The van der Waals surface area contributed by atoms with Gasteiger partial charge in [0, 0.05) is 13.0 Å². The molecule has 2 nitrogen and oxygen atoms in total. The monoisotopic (exact) mass is 193 g/mol. The Balaban J connectivity index is 2.40. The molecule has 0 amide bonds. The molecule has 1 N–H and O–H groups in total. The number of hydrogen-bond acceptors (Lipinski definition) is 2. The largest absolute Gasteiger partial charge is 0.387 e. The number of aliphatic hydroxyl groups is 1. The highest BCUT2D eigenvalue weighted by atomic mass is 19.3. The van der Waals surface area contributed by atoms with E-state index in [0.717, 1.165) is 26.4 Å². The van der Waals surface area contributed by atoms with Gasteiger partial charge in [-0.05, 0) is 32.9 Å². The molecule has 1 aliphatic rings. The van der Waals surface area contributed by atoms with Gasteiger partial charge >= 0.3 is 0 Å². The van der Waals surface area contributed by atoms with Crippen molar-refractivity contribution in [2.45, 2.75) is 31.8 Å². The van der Waals surface area contributed by atoms with E-state index in [1.807, 2.05) is 11.9 Å². The predicted octanol–water partition coefficient (Wildman–Crippen LogP) is 1.34. The lowest BCUT2D eigenvalue weighted by Crippen LogP contribution is -2.33. The van der Waals surface area contributed by atoms with Gasteiger partial charge in [-0.3, -0.25) is 0 Å². The lowest BCUT2D eigenvalue weighted by atomic mass is 9.97. The maximum atomic E-state index is 13.1. The zero-order chi connectivity index (χ0) is 10.1. The quantitative estimate of drug-likeness (QED) is 0.731. The van der Waals surface area contributed by atoms with Crippen molar-refractivity contribution in [3.05, 3.63) is 0 Å². The molecular weight excluding hydrogens is 176 g/mol. The number of likely N-dealkylation sites (tertiary alicyclic amines) is 1. The van der Waals surface area contributed by atoms with Crippen LogP contribution in [-0.2, 0) is 0 Å². The molecule has 0 spiro atoms. The summed E-state index contributed by atoms with van der Waals surface area (Å²) >= 11 is 0. The standard InChI is InChI=1S/C9H17F2NO/c1-7(13)9(10,11)5-8-3-4-12(2)6-8/h7-8,13H,3-6H2,1-2H3. The van der Waals surface area contributed by atoms with Crippen LogP contribution in [0.15, 0.2) is 0 Å². The van der Waals surface area contributed by atoms with Gasteiger partial charge < -0.3 is 10.0 Å². The van der Waals surface area contributed by atoms with Gasteiger partial charge in [-0.1, -0.05) is 0 Å². The number of hydrogen-bond donors (Lipinski definition) is 1. The van der Waals surface area contributed by atoms with Crippen molar-refractivity contribution in [2.24, 2.45) is 5.92 Å². The van der Waals surface area contributed by atoms with Crippen molar-refractivity contribution < 1.29 is 13.9 Å². The van der Waals surface area contributed by atoms with Crippen LogP contribution in [0.4, 0.5) is 8.78 Å². The first-order valence-corrected chi connectivity index (χ1v) is 4.66. The third kappa shape index (κ3) is 2.88. The number of alkyl halides is 2. The van der Waals surface area contributed by atoms with Crippen LogP contribution in [0.1, 0.15) is 19.8 Å². The molecule has 0 saturated carbocycles. The van der Waals surface area contributed by atoms with Crippen LogP contribution in [-0.4, -0.2) is 42.2 Å². The Morgan fingerprint density at radius 1 is 1.62 bits per heavy atom. The maximum absolute atomic E-state index is 13.1. The Morgan fingerprint density at radius 2 is 2.23 bits per heavy atom. The lowest BCUT2D eigenvalue weighted by molar-refractivity contribution is -0.113. The summed E-state index contributed by atoms with van der Waals surface area (Å²) in [5, 5.41) is 8.84. The van der Waals surface area contributed by atoms with E-state index < -0.39 is 12.0 Å². The van der Waals surface area contributed by atoms with Gasteiger partial charge in [0.25, 0.3) is 5.92 Å². The van der Waals surface area contributed by atoms with Crippen LogP contribution in [0.5, 0.6) is 0 Å². The first-order valence-electron chi connectivity index (χ1n) is 4.66. The van der Waals surface area contributed by atoms with Gasteiger partial charge in [-0.25, -0.2) is 8.78 Å². The fourth-order valence-corrected chi connectivity index (χ4v) is 1.75. The summed E-state index contributed by atoms with van der Waals surface area (Å²) in [7, 11) is 1.93. The third-order valence-corrected chi connectivity index (χ3v) is 2.66. The van der Waals surface area contributed by atoms with E-state index in [4.69, 9.17) is 5.11 Å². The van der Waals surface area contributed by atoms with Crippen molar-refractivity contribution in [1.29, 1.82) is 0 Å². The van der Waals surface area contributed by atoms with E-state index in [-0.39, 0.29) is 12.3 Å². The van der Waals surface area contributed by atoms with E-state index in [1.165, 1.54) is 0 Å². The molecule has 1 saturated heterocycles. The molecular formula is C9H17F2NO. The fraction of sp³-hybridized carbons (Fsp3) is 1.00. The average molecular weight is 193 g/mol. The van der Waals surface area contributed by atoms with E-state index in [0.29, 0.717) is 0 Å². The van der Waals surface area contributed by atoms with Gasteiger partial charge in [0.15, 0.2) is 0 Å². The van der Waals surface area contributed by atoms with Crippen molar-refractivity contribution in [3.8, 4) is 0 Å². The normalized spacial score (nSPS) is 27.9. The third-order valence-electron chi connectivity index (χ3n) is 2.66. The zero-order valence-electron chi connectivity index (χ0n) is 8.13. The molecule has 0 aromatic heterocycles. The molecule has 1 rings (SSSR count). The second-order valence-electron chi connectivity index (χ2n) is 4.06. The second kappa shape index (κ2) is 3.88. The van der Waals surface area contributed by atoms with Gasteiger partial charge in [0.1, 0.15) is 6.10 Å². The number of halogens is 2. The molecule has 1 fully saturated rings. The van der Waals surface area contributed by atoms with Gasteiger partial charge in [0.05, 0.1) is 0 Å². The number of nitrogens with zero attached hydrogens (tertiary/aromatic N) is 1. The van der Waals surface area contributed by atoms with Crippen LogP contribution in [0.25, 0.3) is 0 Å². The Labute approximate surface area is 77.5 Å². The van der Waals surface area contributed by atoms with E-state index in [1.54, 1.807) is 0 Å². The summed E-state index contributed by atoms with van der Waals surface area (Å²) < 4.78 is 26.1. The van der Waals surface area contributed by atoms with Crippen LogP contribution in [0, 0.1) is 5.92 Å². The summed E-state index contributed by atoms with van der Waals surface area (Å²) in [6.07, 6.45) is -0.896. The highest BCUT2D eigenvalue weighted by Crippen LogP contribution is 2.31. The predicted molar refractivity (Wildman–Crippen MR) is 46.8 cm³/mol. The first-order chi connectivity index (χ1) is 5.92. The van der Waals surface area contributed by atoms with E-state index >= 15 is 0 Å². The summed E-state index contributed by atoms with van der Waals surface area (Å²) in [5.74, 6) is -2.88. The minimum Gasteiger partial charge on any atom is -0.387 e. The molecule has 0 bridgehead atoms. The van der Waals surface area contributed by atoms with Gasteiger partial charge in [-0.2, -0.15) is 0 Å². The molecule has 1 aliphatic heterocycles. The highest BCUT2D eigenvalue weighted by Gasteiger charge is 2.39. The molecule has 0 aliphatic carbocycles. The Hall–Kier alpha value is -0.220. The summed E-state index contributed by atoms with van der Waals surface area (Å²) in [6.45, 7) is 2.77. The molecule has 0 aromatic rings. The average Bonchev–Trinajstić information content (AvgIpc) is 2.34. The van der Waals surface area contributed by atoms with Crippen LogP contribution < -0.4 is 0 Å². The molecule has 13 heavy (non-hydrogen) atoms. The molecule has 0 aromatic carbocycles. The summed E-state index contributed by atoms with van der Waals surface area (Å²) in [6, 6.07) is 0. The number of rotatable bonds is 3. The molecule has 2 atom stereocenters. The molecule has 1 heterocycles. The van der Waals surface area contributed by atoms with Crippen molar-refractivity contribution in [3.63, 3.8) is 0 Å². The maximum Gasteiger partial charge on any atom is 0.273 e. The minimum atomic E-state index is -2.92. The number of aliphatic hydroxyl groups excluding tert-OH is 1. The van der Waals surface area contributed by atoms with E-state index in [9.17, 15) is 8.78 Å². The summed E-state index contributed by atoms with van der Waals surface area (Å²) in [4.78, 5) is 2.04. The Bertz CT molecular complexity index is 173. The zero-order valence-corrected chi connectivity index (χ0v) is 8.13. The molecule has 2 unspecified atom stereocenters. The van der Waals surface area contributed by atoms with Crippen molar-refractivity contribution in [1.82, 2.24) is 4.90 Å². The molecule has 78 valence electrons. The van der Waals surface area contributed by atoms with Gasteiger partial charge in [0.2, 0.25) is 0 Å². The first kappa shape index (κ1) is 10.9. The van der Waals surface area contributed by atoms with Crippen LogP contribution in [0.3, 0.4) is 0 Å². The second-order valence-corrected chi connectivity index (χ2v) is 4.06. The Morgan fingerprint density at radius 3 is 2.62 bits per heavy atom. The highest BCUT2D eigenvalue weighted by molar-refractivity contribution is 4.81. The molecule has 4 heteroatoms. The minimum absolute atomic E-state index is 0.0367. The Kier molecular flexibility index (Phi) is 3.24. The van der Waals surface area contributed by atoms with Crippen molar-refractivity contribution >= 4 is 0 Å². The fourth-order valence-electron chi connectivity index (χ4n) is 1.75. The smallest absolute Gasteiger partial charge is 0.273 e. The SMILES string of the molecule is CC(O)C(F)(F)CC1CCN(C)C1. The topological polar surface area (TPSA) is 23.5 Å².